The maximum atomic E-state index is 11.9. The van der Waals surface area contributed by atoms with Crippen LogP contribution in [-0.2, 0) is 19.1 Å². The molecule has 0 saturated heterocycles. The summed E-state index contributed by atoms with van der Waals surface area (Å²) in [6.45, 7) is 0. The molecule has 1 N–H and O–H groups in total. The van der Waals surface area contributed by atoms with Crippen molar-refractivity contribution in [1.82, 2.24) is 0 Å². The molecule has 0 aromatic rings. The zero-order valence-corrected chi connectivity index (χ0v) is 10.7. The lowest BCUT2D eigenvalue weighted by Crippen LogP contribution is -2.34. The van der Waals surface area contributed by atoms with Gasteiger partial charge in [-0.2, -0.15) is 0 Å². The number of carbonyl (C=O) groups is 3. The standard InChI is InChI=1S/C13H19NO4/c1-18-12(17)8-3-2-6-10(15)13-9(14)5-4-7-11(13)16/h13-14H,2-8H2,1H3/t13-/m0/s1. The fraction of sp³-hybridized carbons (Fsp3) is 0.692. The molecule has 5 nitrogen and oxygen atoms in total. The lowest BCUT2D eigenvalue weighted by Gasteiger charge is -2.20. The van der Waals surface area contributed by atoms with E-state index >= 15 is 0 Å². The Bertz CT molecular complexity index is 346. The SMILES string of the molecule is COC(=O)CCCCC(=O)[C@@H]1C(=N)CCCC1=O. The van der Waals surface area contributed by atoms with Crippen molar-refractivity contribution < 1.29 is 19.1 Å². The quantitative estimate of drug-likeness (QED) is 0.443. The topological polar surface area (TPSA) is 84.3 Å². The van der Waals surface area contributed by atoms with Crippen LogP contribution < -0.4 is 0 Å². The van der Waals surface area contributed by atoms with E-state index in [0.29, 0.717) is 38.5 Å². The van der Waals surface area contributed by atoms with Crippen LogP contribution in [0.1, 0.15) is 44.9 Å². The van der Waals surface area contributed by atoms with Crippen molar-refractivity contribution in [1.29, 1.82) is 5.41 Å². The van der Waals surface area contributed by atoms with E-state index in [0.717, 1.165) is 0 Å². The molecular weight excluding hydrogens is 234 g/mol. The molecule has 0 aliphatic heterocycles. The number of carbonyl (C=O) groups excluding carboxylic acids is 3. The highest BCUT2D eigenvalue weighted by molar-refractivity contribution is 6.21. The van der Waals surface area contributed by atoms with Gasteiger partial charge in [0.2, 0.25) is 0 Å². The van der Waals surface area contributed by atoms with E-state index in [1.54, 1.807) is 0 Å². The third-order valence-electron chi connectivity index (χ3n) is 3.14. The van der Waals surface area contributed by atoms with Gasteiger partial charge in [0.15, 0.2) is 0 Å². The monoisotopic (exact) mass is 253 g/mol. The van der Waals surface area contributed by atoms with Crippen molar-refractivity contribution in [2.45, 2.75) is 44.9 Å². The minimum absolute atomic E-state index is 0.121. The van der Waals surface area contributed by atoms with Gasteiger partial charge in [0.1, 0.15) is 17.5 Å². The lowest BCUT2D eigenvalue weighted by molar-refractivity contribution is -0.141. The average Bonchev–Trinajstić information content (AvgIpc) is 2.34. The summed E-state index contributed by atoms with van der Waals surface area (Å²) in [6.07, 6.45) is 3.32. The third-order valence-corrected chi connectivity index (χ3v) is 3.14. The summed E-state index contributed by atoms with van der Waals surface area (Å²) in [5, 5.41) is 7.67. The summed E-state index contributed by atoms with van der Waals surface area (Å²) in [5.41, 5.74) is 0.254. The number of esters is 1. The van der Waals surface area contributed by atoms with Crippen LogP contribution in [0.15, 0.2) is 0 Å². The minimum Gasteiger partial charge on any atom is -0.469 e. The molecule has 0 bridgehead atoms. The van der Waals surface area contributed by atoms with Gasteiger partial charge in [-0.1, -0.05) is 0 Å². The predicted molar refractivity (Wildman–Crippen MR) is 65.6 cm³/mol. The van der Waals surface area contributed by atoms with Gasteiger partial charge >= 0.3 is 5.97 Å². The molecule has 0 spiro atoms. The Labute approximate surface area is 106 Å². The summed E-state index contributed by atoms with van der Waals surface area (Å²) >= 11 is 0. The molecule has 1 aliphatic carbocycles. The van der Waals surface area contributed by atoms with Crippen LogP contribution in [0.2, 0.25) is 0 Å². The smallest absolute Gasteiger partial charge is 0.305 e. The number of unbranched alkanes of at least 4 members (excludes halogenated alkanes) is 1. The van der Waals surface area contributed by atoms with Crippen molar-refractivity contribution >= 4 is 23.2 Å². The molecule has 100 valence electrons. The maximum absolute atomic E-state index is 11.9. The van der Waals surface area contributed by atoms with E-state index in [1.165, 1.54) is 7.11 Å². The molecule has 0 heterocycles. The fourth-order valence-electron chi connectivity index (χ4n) is 2.12. The van der Waals surface area contributed by atoms with Gasteiger partial charge in [-0.05, 0) is 25.7 Å². The molecule has 1 aliphatic rings. The van der Waals surface area contributed by atoms with Gasteiger partial charge in [-0.25, -0.2) is 0 Å². The van der Waals surface area contributed by atoms with Gasteiger partial charge < -0.3 is 10.1 Å². The molecule has 0 unspecified atom stereocenters. The Hall–Kier alpha value is -1.52. The third kappa shape index (κ3) is 4.05. The second-order valence-electron chi connectivity index (χ2n) is 4.53. The van der Waals surface area contributed by atoms with E-state index in [-0.39, 0.29) is 29.7 Å². The van der Waals surface area contributed by atoms with E-state index in [9.17, 15) is 14.4 Å². The highest BCUT2D eigenvalue weighted by Gasteiger charge is 2.32. The summed E-state index contributed by atoms with van der Waals surface area (Å²) in [4.78, 5) is 34.3. The molecule has 18 heavy (non-hydrogen) atoms. The van der Waals surface area contributed by atoms with Crippen molar-refractivity contribution in [3.63, 3.8) is 0 Å². The van der Waals surface area contributed by atoms with Crippen LogP contribution >= 0.6 is 0 Å². The summed E-state index contributed by atoms with van der Waals surface area (Å²) < 4.78 is 4.50. The van der Waals surface area contributed by atoms with E-state index in [2.05, 4.69) is 4.74 Å². The van der Waals surface area contributed by atoms with Crippen molar-refractivity contribution in [2.24, 2.45) is 5.92 Å². The van der Waals surface area contributed by atoms with Crippen molar-refractivity contribution in [3.05, 3.63) is 0 Å². The molecule has 0 aromatic heterocycles. The Morgan fingerprint density at radius 2 is 1.94 bits per heavy atom. The molecule has 1 atom stereocenters. The number of nitrogens with one attached hydrogen (secondary N) is 1. The zero-order valence-electron chi connectivity index (χ0n) is 10.7. The number of methoxy groups -OCH3 is 1. The summed E-state index contributed by atoms with van der Waals surface area (Å²) in [6, 6.07) is 0. The first-order chi connectivity index (χ1) is 8.56. The van der Waals surface area contributed by atoms with Gasteiger partial charge in [0.05, 0.1) is 7.11 Å². The van der Waals surface area contributed by atoms with Gasteiger partial charge in [-0.15, -0.1) is 0 Å². The number of hydrogen-bond donors (Lipinski definition) is 1. The average molecular weight is 253 g/mol. The number of ether oxygens (including phenoxy) is 1. The first kappa shape index (κ1) is 14.5. The van der Waals surface area contributed by atoms with Crippen molar-refractivity contribution in [2.75, 3.05) is 7.11 Å². The van der Waals surface area contributed by atoms with Crippen LogP contribution in [0.25, 0.3) is 0 Å². The molecule has 0 amide bonds. The Morgan fingerprint density at radius 1 is 1.28 bits per heavy atom. The summed E-state index contributed by atoms with van der Waals surface area (Å²) in [7, 11) is 1.33. The highest BCUT2D eigenvalue weighted by Crippen LogP contribution is 2.20. The number of Topliss-reactive ketones (excluding diaryl/α,β-unsaturated/α-hetero) is 2. The normalized spacial score (nSPS) is 19.7. The van der Waals surface area contributed by atoms with Gasteiger partial charge in [0, 0.05) is 25.0 Å². The number of rotatable bonds is 6. The lowest BCUT2D eigenvalue weighted by atomic mass is 9.82. The van der Waals surface area contributed by atoms with Gasteiger partial charge in [0.25, 0.3) is 0 Å². The second-order valence-corrected chi connectivity index (χ2v) is 4.53. The van der Waals surface area contributed by atoms with Crippen LogP contribution in [-0.4, -0.2) is 30.4 Å². The first-order valence-corrected chi connectivity index (χ1v) is 6.25. The molecular formula is C13H19NO4. The molecule has 0 radical (unpaired) electrons. The Morgan fingerprint density at radius 3 is 2.56 bits per heavy atom. The molecule has 1 saturated carbocycles. The van der Waals surface area contributed by atoms with E-state index < -0.39 is 5.92 Å². The fourth-order valence-corrected chi connectivity index (χ4v) is 2.12. The van der Waals surface area contributed by atoms with E-state index in [1.807, 2.05) is 0 Å². The van der Waals surface area contributed by atoms with Gasteiger partial charge in [-0.3, -0.25) is 14.4 Å². The largest absolute Gasteiger partial charge is 0.469 e. The zero-order chi connectivity index (χ0) is 13.5. The predicted octanol–water partition coefficient (Wildman–Crippen LogP) is 1.68. The van der Waals surface area contributed by atoms with Crippen LogP contribution in [0.3, 0.4) is 0 Å². The van der Waals surface area contributed by atoms with Crippen LogP contribution in [0, 0.1) is 11.3 Å². The Kier molecular flexibility index (Phi) is 5.68. The highest BCUT2D eigenvalue weighted by atomic mass is 16.5. The first-order valence-electron chi connectivity index (χ1n) is 6.25. The second kappa shape index (κ2) is 7.03. The maximum Gasteiger partial charge on any atom is 0.305 e. The summed E-state index contributed by atoms with van der Waals surface area (Å²) in [5.74, 6) is -1.39. The molecule has 0 aromatic carbocycles. The molecule has 1 rings (SSSR count). The van der Waals surface area contributed by atoms with Crippen molar-refractivity contribution in [3.8, 4) is 0 Å². The Balaban J connectivity index is 2.33. The molecule has 5 heteroatoms. The van der Waals surface area contributed by atoms with Crippen LogP contribution in [0.5, 0.6) is 0 Å². The van der Waals surface area contributed by atoms with E-state index in [4.69, 9.17) is 5.41 Å². The number of hydrogen-bond acceptors (Lipinski definition) is 5. The minimum atomic E-state index is -0.808. The molecule has 1 fully saturated rings. The van der Waals surface area contributed by atoms with Crippen LogP contribution in [0.4, 0.5) is 0 Å². The number of ketones is 2.